The average molecular weight is 335 g/mol. The van der Waals surface area contributed by atoms with Crippen LogP contribution in [0, 0.1) is 11.3 Å². The van der Waals surface area contributed by atoms with Crippen molar-refractivity contribution in [2.45, 2.75) is 49.9 Å². The first-order chi connectivity index (χ1) is 11.1. The molecule has 2 fully saturated rings. The second-order valence-electron chi connectivity index (χ2n) is 6.19. The molecule has 3 rings (SSSR count). The third-order valence-corrected chi connectivity index (χ3v) is 6.96. The molecule has 2 aliphatic rings. The summed E-state index contributed by atoms with van der Waals surface area (Å²) in [5.74, 6) is 0.381. The first-order valence-corrected chi connectivity index (χ1v) is 9.61. The fraction of sp³-hybridized carbons (Fsp3) is 0.625. The van der Waals surface area contributed by atoms with Crippen LogP contribution >= 0.6 is 0 Å². The highest BCUT2D eigenvalue weighted by molar-refractivity contribution is 7.89. The summed E-state index contributed by atoms with van der Waals surface area (Å²) in [5.41, 5.74) is 0.486. The molecule has 1 unspecified atom stereocenters. The lowest BCUT2D eigenvalue weighted by Crippen LogP contribution is -2.39. The Morgan fingerprint density at radius 2 is 2.04 bits per heavy atom. The zero-order valence-corrected chi connectivity index (χ0v) is 13.8. The molecule has 7 heteroatoms. The Morgan fingerprint density at radius 3 is 2.78 bits per heavy atom. The van der Waals surface area contributed by atoms with E-state index in [1.165, 1.54) is 6.20 Å². The van der Waals surface area contributed by atoms with E-state index in [1.54, 1.807) is 16.4 Å². The minimum Gasteiger partial charge on any atom is -0.473 e. The average Bonchev–Trinajstić information content (AvgIpc) is 3.05. The zero-order valence-electron chi connectivity index (χ0n) is 13.0. The lowest BCUT2D eigenvalue weighted by atomic mass is 10.0. The molecule has 6 nitrogen and oxygen atoms in total. The maximum absolute atomic E-state index is 12.7. The first kappa shape index (κ1) is 16.2. The standard InChI is InChI=1S/C16H21N3O3S/c17-11-13-6-8-18-16(10-13)22-14-7-9-19(12-14)23(20,21)15-4-2-1-3-5-15/h6,8,10,14-15H,1-5,7,9,12H2. The van der Waals surface area contributed by atoms with Crippen molar-refractivity contribution in [1.82, 2.24) is 9.29 Å². The van der Waals surface area contributed by atoms with Gasteiger partial charge in [-0.05, 0) is 25.3 Å². The topological polar surface area (TPSA) is 83.3 Å². The van der Waals surface area contributed by atoms with Gasteiger partial charge in [0, 0.05) is 18.8 Å². The second kappa shape index (κ2) is 6.85. The molecule has 1 aromatic rings. The normalized spacial score (nSPS) is 23.5. The number of aromatic nitrogens is 1. The molecule has 0 bridgehead atoms. The van der Waals surface area contributed by atoms with E-state index in [2.05, 4.69) is 4.98 Å². The monoisotopic (exact) mass is 335 g/mol. The van der Waals surface area contributed by atoms with Crippen LogP contribution in [-0.2, 0) is 10.0 Å². The minimum absolute atomic E-state index is 0.199. The lowest BCUT2D eigenvalue weighted by Gasteiger charge is -2.26. The van der Waals surface area contributed by atoms with Gasteiger partial charge in [-0.25, -0.2) is 13.4 Å². The van der Waals surface area contributed by atoms with Crippen molar-refractivity contribution in [2.24, 2.45) is 0 Å². The summed E-state index contributed by atoms with van der Waals surface area (Å²) < 4.78 is 32.7. The molecule has 1 aromatic heterocycles. The fourth-order valence-electron chi connectivity index (χ4n) is 3.31. The van der Waals surface area contributed by atoms with Gasteiger partial charge in [-0.3, -0.25) is 0 Å². The van der Waals surface area contributed by atoms with Gasteiger partial charge >= 0.3 is 0 Å². The third kappa shape index (κ3) is 3.65. The minimum atomic E-state index is -3.22. The van der Waals surface area contributed by atoms with Gasteiger partial charge in [0.1, 0.15) is 6.10 Å². The Bertz CT molecular complexity index is 693. The summed E-state index contributed by atoms with van der Waals surface area (Å²) in [7, 11) is -3.22. The summed E-state index contributed by atoms with van der Waals surface area (Å²) in [5, 5.41) is 8.67. The van der Waals surface area contributed by atoms with Crippen LogP contribution in [0.2, 0.25) is 0 Å². The van der Waals surface area contributed by atoms with Crippen LogP contribution in [0.15, 0.2) is 18.3 Å². The number of rotatable bonds is 4. The van der Waals surface area contributed by atoms with Crippen LogP contribution in [0.25, 0.3) is 0 Å². The van der Waals surface area contributed by atoms with Crippen molar-refractivity contribution in [3.8, 4) is 11.9 Å². The van der Waals surface area contributed by atoms with Crippen LogP contribution < -0.4 is 4.74 Å². The largest absolute Gasteiger partial charge is 0.473 e. The number of hydrogen-bond acceptors (Lipinski definition) is 5. The van der Waals surface area contributed by atoms with Crippen LogP contribution in [-0.4, -0.2) is 42.2 Å². The summed E-state index contributed by atoms with van der Waals surface area (Å²) >= 11 is 0. The molecule has 23 heavy (non-hydrogen) atoms. The summed E-state index contributed by atoms with van der Waals surface area (Å²) in [6, 6.07) is 5.24. The highest BCUT2D eigenvalue weighted by atomic mass is 32.2. The predicted molar refractivity (Wildman–Crippen MR) is 85.4 cm³/mol. The van der Waals surface area contributed by atoms with Crippen LogP contribution in [0.5, 0.6) is 5.88 Å². The van der Waals surface area contributed by atoms with Gasteiger partial charge in [0.2, 0.25) is 15.9 Å². The van der Waals surface area contributed by atoms with E-state index < -0.39 is 10.0 Å². The van der Waals surface area contributed by atoms with Crippen molar-refractivity contribution >= 4 is 10.0 Å². The predicted octanol–water partition coefficient (Wildman–Crippen LogP) is 2.07. The van der Waals surface area contributed by atoms with Gasteiger partial charge in [0.05, 0.1) is 23.4 Å². The molecule has 0 N–H and O–H groups in total. The molecule has 0 spiro atoms. The number of pyridine rings is 1. The van der Waals surface area contributed by atoms with Gasteiger partial charge in [-0.1, -0.05) is 19.3 Å². The van der Waals surface area contributed by atoms with E-state index >= 15 is 0 Å². The van der Waals surface area contributed by atoms with Crippen molar-refractivity contribution in [3.05, 3.63) is 23.9 Å². The van der Waals surface area contributed by atoms with Gasteiger partial charge in [0.15, 0.2) is 0 Å². The molecule has 0 aromatic carbocycles. The highest BCUT2D eigenvalue weighted by Gasteiger charge is 2.38. The van der Waals surface area contributed by atoms with Gasteiger partial charge < -0.3 is 4.74 Å². The smallest absolute Gasteiger partial charge is 0.217 e. The third-order valence-electron chi connectivity index (χ3n) is 4.59. The quantitative estimate of drug-likeness (QED) is 0.841. The SMILES string of the molecule is N#Cc1ccnc(OC2CCN(S(=O)(=O)C3CCCCC3)C2)c1. The number of nitrogens with zero attached hydrogens (tertiary/aromatic N) is 3. The summed E-state index contributed by atoms with van der Waals surface area (Å²) in [6.45, 7) is 0.874. The van der Waals surface area contributed by atoms with Gasteiger partial charge in [0.25, 0.3) is 0 Å². The maximum Gasteiger partial charge on any atom is 0.217 e. The van der Waals surface area contributed by atoms with E-state index in [1.807, 2.05) is 6.07 Å². The fourth-order valence-corrected chi connectivity index (χ4v) is 5.40. The van der Waals surface area contributed by atoms with E-state index in [-0.39, 0.29) is 11.4 Å². The molecule has 1 aliphatic carbocycles. The van der Waals surface area contributed by atoms with Crippen molar-refractivity contribution < 1.29 is 13.2 Å². The molecule has 124 valence electrons. The Morgan fingerprint density at radius 1 is 1.26 bits per heavy atom. The van der Waals surface area contributed by atoms with E-state index in [0.29, 0.717) is 31.0 Å². The number of nitriles is 1. The van der Waals surface area contributed by atoms with Crippen molar-refractivity contribution in [1.29, 1.82) is 5.26 Å². The van der Waals surface area contributed by atoms with Gasteiger partial charge in [-0.2, -0.15) is 9.57 Å². The lowest BCUT2D eigenvalue weighted by molar-refractivity contribution is 0.206. The first-order valence-electron chi connectivity index (χ1n) is 8.11. The molecule has 1 atom stereocenters. The molecule has 1 saturated carbocycles. The number of ether oxygens (including phenoxy) is 1. The van der Waals surface area contributed by atoms with Crippen LogP contribution in [0.1, 0.15) is 44.1 Å². The van der Waals surface area contributed by atoms with Crippen LogP contribution in [0.3, 0.4) is 0 Å². The van der Waals surface area contributed by atoms with Crippen LogP contribution in [0.4, 0.5) is 0 Å². The van der Waals surface area contributed by atoms with Crippen molar-refractivity contribution in [2.75, 3.05) is 13.1 Å². The molecular formula is C16H21N3O3S. The van der Waals surface area contributed by atoms with E-state index in [9.17, 15) is 8.42 Å². The maximum atomic E-state index is 12.7. The highest BCUT2D eigenvalue weighted by Crippen LogP contribution is 2.29. The second-order valence-corrected chi connectivity index (χ2v) is 8.40. The number of sulfonamides is 1. The Hall–Kier alpha value is -1.65. The summed E-state index contributed by atoms with van der Waals surface area (Å²) in [6.07, 6.45) is 6.68. The summed E-state index contributed by atoms with van der Waals surface area (Å²) in [4.78, 5) is 4.09. The molecule has 0 radical (unpaired) electrons. The van der Waals surface area contributed by atoms with E-state index in [4.69, 9.17) is 10.00 Å². The van der Waals surface area contributed by atoms with Gasteiger partial charge in [-0.15, -0.1) is 0 Å². The molecule has 1 saturated heterocycles. The van der Waals surface area contributed by atoms with Crippen molar-refractivity contribution in [3.63, 3.8) is 0 Å². The molecular weight excluding hydrogens is 314 g/mol. The Labute approximate surface area is 137 Å². The zero-order chi connectivity index (χ0) is 16.3. The number of hydrogen-bond donors (Lipinski definition) is 0. The van der Waals surface area contributed by atoms with E-state index in [0.717, 1.165) is 32.1 Å². The Kier molecular flexibility index (Phi) is 4.83. The molecule has 2 heterocycles. The molecule has 1 aliphatic heterocycles. The Balaban J connectivity index is 1.62. The molecule has 0 amide bonds.